The van der Waals surface area contributed by atoms with Gasteiger partial charge in [0.1, 0.15) is 0 Å². The molecule has 0 bridgehead atoms. The average molecular weight is 361 g/mol. The Kier molecular flexibility index (Phi) is 5.46. The second kappa shape index (κ2) is 7.61. The normalized spacial score (nSPS) is 19.4. The van der Waals surface area contributed by atoms with Crippen molar-refractivity contribution in [1.82, 2.24) is 14.4 Å². The smallest absolute Gasteiger partial charge is 0.296 e. The minimum Gasteiger partial charge on any atom is -0.385 e. The van der Waals surface area contributed by atoms with Crippen molar-refractivity contribution in [2.75, 3.05) is 39.9 Å². The van der Waals surface area contributed by atoms with Gasteiger partial charge in [-0.05, 0) is 31.4 Å². The Morgan fingerprint density at radius 2 is 2.00 bits per heavy atom. The number of methoxy groups -OCH3 is 1. The molecule has 0 N–H and O–H groups in total. The molecule has 3 heterocycles. The summed E-state index contributed by atoms with van der Waals surface area (Å²) in [7, 11) is 3.42. The van der Waals surface area contributed by atoms with Gasteiger partial charge in [-0.3, -0.25) is 14.4 Å². The van der Waals surface area contributed by atoms with Crippen LogP contribution in [0, 0.1) is 5.41 Å². The highest BCUT2D eigenvalue weighted by molar-refractivity contribution is 6.42. The van der Waals surface area contributed by atoms with E-state index in [1.165, 1.54) is 0 Å². The van der Waals surface area contributed by atoms with E-state index in [2.05, 4.69) is 0 Å². The highest BCUT2D eigenvalue weighted by Gasteiger charge is 2.45. The number of ether oxygens (including phenoxy) is 1. The van der Waals surface area contributed by atoms with E-state index in [0.29, 0.717) is 31.8 Å². The second-order valence-electron chi connectivity index (χ2n) is 7.46. The van der Waals surface area contributed by atoms with Gasteiger partial charge in [0.15, 0.2) is 0 Å². The number of aromatic nitrogens is 1. The highest BCUT2D eigenvalue weighted by Crippen LogP contribution is 2.41. The summed E-state index contributed by atoms with van der Waals surface area (Å²) in [6.45, 7) is 3.20. The third-order valence-corrected chi connectivity index (χ3v) is 5.66. The molecule has 7 heteroatoms. The van der Waals surface area contributed by atoms with Crippen LogP contribution in [0.3, 0.4) is 0 Å². The molecule has 2 amide bonds. The van der Waals surface area contributed by atoms with Crippen LogP contribution >= 0.6 is 0 Å². The molecule has 26 heavy (non-hydrogen) atoms. The van der Waals surface area contributed by atoms with Crippen LogP contribution < -0.4 is 0 Å². The lowest BCUT2D eigenvalue weighted by molar-refractivity contribution is -0.128. The van der Waals surface area contributed by atoms with Gasteiger partial charge in [-0.1, -0.05) is 0 Å². The summed E-state index contributed by atoms with van der Waals surface area (Å²) in [5.41, 5.74) is 0.366. The maximum absolute atomic E-state index is 12.5. The zero-order chi connectivity index (χ0) is 18.7. The van der Waals surface area contributed by atoms with Crippen LogP contribution in [0.1, 0.15) is 36.2 Å². The number of rotatable bonds is 6. The fraction of sp³-hybridized carbons (Fsp3) is 0.632. The van der Waals surface area contributed by atoms with E-state index in [9.17, 15) is 14.4 Å². The summed E-state index contributed by atoms with van der Waals surface area (Å²) in [6.07, 6.45) is 4.69. The van der Waals surface area contributed by atoms with Crippen LogP contribution in [0.5, 0.6) is 0 Å². The molecule has 7 nitrogen and oxygen atoms in total. The lowest BCUT2D eigenvalue weighted by atomic mass is 9.77. The molecule has 0 aliphatic carbocycles. The van der Waals surface area contributed by atoms with Crippen molar-refractivity contribution in [3.8, 4) is 0 Å². The molecule has 2 fully saturated rings. The molecule has 2 saturated heterocycles. The fourth-order valence-electron chi connectivity index (χ4n) is 4.05. The first-order valence-electron chi connectivity index (χ1n) is 9.17. The van der Waals surface area contributed by atoms with Gasteiger partial charge in [-0.25, -0.2) is 0 Å². The quantitative estimate of drug-likeness (QED) is 0.432. The van der Waals surface area contributed by atoms with Gasteiger partial charge < -0.3 is 19.1 Å². The number of aryl methyl sites for hydroxylation is 1. The van der Waals surface area contributed by atoms with Gasteiger partial charge in [0.2, 0.25) is 5.91 Å². The van der Waals surface area contributed by atoms with Gasteiger partial charge in [0, 0.05) is 65.0 Å². The van der Waals surface area contributed by atoms with Crippen molar-refractivity contribution >= 4 is 17.6 Å². The predicted octanol–water partition coefficient (Wildman–Crippen LogP) is 1.09. The number of piperidine rings is 1. The van der Waals surface area contributed by atoms with E-state index in [4.69, 9.17) is 4.74 Å². The third-order valence-electron chi connectivity index (χ3n) is 5.66. The van der Waals surface area contributed by atoms with E-state index < -0.39 is 11.7 Å². The molecule has 0 saturated carbocycles. The molecule has 1 spiro atoms. The van der Waals surface area contributed by atoms with Crippen LogP contribution in [-0.4, -0.2) is 71.9 Å². The molecule has 1 aromatic heterocycles. The first kappa shape index (κ1) is 18.6. The molecule has 2 aliphatic heterocycles. The average Bonchev–Trinajstić information content (AvgIpc) is 3.18. The van der Waals surface area contributed by atoms with Gasteiger partial charge in [-0.2, -0.15) is 0 Å². The first-order valence-corrected chi connectivity index (χ1v) is 9.17. The van der Waals surface area contributed by atoms with Gasteiger partial charge in [0.05, 0.1) is 5.69 Å². The van der Waals surface area contributed by atoms with E-state index in [-0.39, 0.29) is 11.3 Å². The summed E-state index contributed by atoms with van der Waals surface area (Å²) in [6, 6.07) is 3.42. The van der Waals surface area contributed by atoms with Crippen molar-refractivity contribution in [3.63, 3.8) is 0 Å². The van der Waals surface area contributed by atoms with Crippen LogP contribution in [0.2, 0.25) is 0 Å². The van der Waals surface area contributed by atoms with Crippen molar-refractivity contribution in [2.45, 2.75) is 25.7 Å². The minimum atomic E-state index is -0.461. The van der Waals surface area contributed by atoms with Gasteiger partial charge in [-0.15, -0.1) is 0 Å². The number of amides is 2. The second-order valence-corrected chi connectivity index (χ2v) is 7.46. The number of carbonyl (C=O) groups excluding carboxylic acids is 3. The molecular weight excluding hydrogens is 334 g/mol. The monoisotopic (exact) mass is 361 g/mol. The van der Waals surface area contributed by atoms with Crippen molar-refractivity contribution < 1.29 is 19.1 Å². The molecule has 0 atom stereocenters. The zero-order valence-electron chi connectivity index (χ0n) is 15.6. The SMILES string of the molecule is COCCCN1CC2(CCN(C(=O)C(=O)c3cccn3C)CC2)CC1=O. The van der Waals surface area contributed by atoms with Crippen molar-refractivity contribution in [2.24, 2.45) is 12.5 Å². The number of hydrogen-bond donors (Lipinski definition) is 0. The minimum absolute atomic E-state index is 0.0467. The predicted molar refractivity (Wildman–Crippen MR) is 95.7 cm³/mol. The Morgan fingerprint density at radius 1 is 1.27 bits per heavy atom. The van der Waals surface area contributed by atoms with Crippen LogP contribution in [0.15, 0.2) is 18.3 Å². The highest BCUT2D eigenvalue weighted by atomic mass is 16.5. The van der Waals surface area contributed by atoms with E-state index in [1.54, 1.807) is 42.0 Å². The Hall–Kier alpha value is -2.15. The Bertz CT molecular complexity index is 689. The first-order chi connectivity index (χ1) is 12.5. The van der Waals surface area contributed by atoms with Crippen LogP contribution in [-0.2, 0) is 21.4 Å². The number of ketones is 1. The van der Waals surface area contributed by atoms with Crippen LogP contribution in [0.4, 0.5) is 0 Å². The molecule has 0 aromatic carbocycles. The van der Waals surface area contributed by atoms with Crippen LogP contribution in [0.25, 0.3) is 0 Å². The standard InChI is InChI=1S/C19H27N3O4/c1-20-8-3-5-15(20)17(24)18(25)21-10-6-19(7-11-21)13-16(23)22(14-19)9-4-12-26-2/h3,5,8H,4,6-7,9-14H2,1-2H3. The molecule has 1 aromatic rings. The summed E-state index contributed by atoms with van der Waals surface area (Å²) < 4.78 is 6.73. The van der Waals surface area contributed by atoms with E-state index in [0.717, 1.165) is 32.4 Å². The number of Topliss-reactive ketones (excluding diaryl/α,β-unsaturated/α-hetero) is 1. The molecular formula is C19H27N3O4. The number of nitrogens with zero attached hydrogens (tertiary/aromatic N) is 3. The van der Waals surface area contributed by atoms with E-state index in [1.807, 2.05) is 4.90 Å². The summed E-state index contributed by atoms with van der Waals surface area (Å²) in [5.74, 6) is -0.708. The number of likely N-dealkylation sites (tertiary alicyclic amines) is 2. The lowest BCUT2D eigenvalue weighted by Crippen LogP contribution is -2.46. The Morgan fingerprint density at radius 3 is 2.62 bits per heavy atom. The largest absolute Gasteiger partial charge is 0.385 e. The third kappa shape index (κ3) is 3.67. The lowest BCUT2D eigenvalue weighted by Gasteiger charge is -2.38. The summed E-state index contributed by atoms with van der Waals surface area (Å²) in [4.78, 5) is 40.8. The maximum atomic E-state index is 12.5. The number of carbonyl (C=O) groups is 3. The zero-order valence-corrected chi connectivity index (χ0v) is 15.6. The summed E-state index contributed by atoms with van der Waals surface area (Å²) in [5, 5.41) is 0. The fourth-order valence-corrected chi connectivity index (χ4v) is 4.05. The van der Waals surface area contributed by atoms with E-state index >= 15 is 0 Å². The van der Waals surface area contributed by atoms with Gasteiger partial charge in [0.25, 0.3) is 11.7 Å². The van der Waals surface area contributed by atoms with Gasteiger partial charge >= 0.3 is 0 Å². The molecule has 0 radical (unpaired) electrons. The Labute approximate surface area is 153 Å². The molecule has 3 rings (SSSR count). The van der Waals surface area contributed by atoms with Crippen molar-refractivity contribution in [3.05, 3.63) is 24.0 Å². The van der Waals surface area contributed by atoms with Crippen molar-refractivity contribution in [1.29, 1.82) is 0 Å². The molecule has 2 aliphatic rings. The summed E-state index contributed by atoms with van der Waals surface area (Å²) >= 11 is 0. The maximum Gasteiger partial charge on any atom is 0.296 e. The molecule has 0 unspecified atom stereocenters. The Balaban J connectivity index is 1.56. The number of hydrogen-bond acceptors (Lipinski definition) is 4. The molecule has 142 valence electrons. The topological polar surface area (TPSA) is 71.8 Å².